The molecular weight excluding hydrogens is 324 g/mol. The topological polar surface area (TPSA) is 98.9 Å². The molecule has 3 aromatic rings. The fraction of sp³-hybridized carbons (Fsp3) is 0.222. The zero-order chi connectivity index (χ0) is 18.1. The van der Waals surface area contributed by atoms with E-state index in [-0.39, 0.29) is 5.75 Å². The summed E-state index contributed by atoms with van der Waals surface area (Å²) in [5, 5.41) is 29.6. The highest BCUT2D eigenvalue weighted by atomic mass is 16.9. The molecule has 0 atom stereocenters. The smallest absolute Gasteiger partial charge is 0.169 e. The number of aromatic hydroxyl groups is 1. The molecule has 1 aliphatic rings. The summed E-state index contributed by atoms with van der Waals surface area (Å²) in [6.07, 6.45) is 0.940. The van der Waals surface area contributed by atoms with Crippen LogP contribution in [-0.2, 0) is 6.42 Å². The second-order valence-corrected chi connectivity index (χ2v) is 5.85. The molecule has 1 heterocycles. The number of fused-ring (bicyclic) bond motifs is 2. The van der Waals surface area contributed by atoms with E-state index in [0.717, 1.165) is 23.7 Å². The van der Waals surface area contributed by atoms with Crippen molar-refractivity contribution < 1.29 is 14.9 Å². The van der Waals surface area contributed by atoms with E-state index in [1.807, 2.05) is 18.2 Å². The molecule has 0 aromatic heterocycles. The molecule has 0 amide bonds. The van der Waals surface area contributed by atoms with Crippen LogP contribution in [0.2, 0.25) is 0 Å². The Bertz CT molecular complexity index is 967. The fourth-order valence-electron chi connectivity index (χ4n) is 3.44. The van der Waals surface area contributed by atoms with Crippen LogP contribution in [-0.4, -0.2) is 30.9 Å². The van der Waals surface area contributed by atoms with E-state index in [1.165, 1.54) is 22.0 Å². The Labute approximate surface area is 143 Å². The first-order chi connectivity index (χ1) is 11.9. The lowest BCUT2D eigenvalue weighted by Gasteiger charge is -2.29. The van der Waals surface area contributed by atoms with Gasteiger partial charge in [0.25, 0.3) is 0 Å². The molecule has 25 heavy (non-hydrogen) atoms. The van der Waals surface area contributed by atoms with Gasteiger partial charge in [0.1, 0.15) is 0 Å². The summed E-state index contributed by atoms with van der Waals surface area (Å²) in [5.41, 5.74) is 2.41. The van der Waals surface area contributed by atoms with Gasteiger partial charge in [-0.2, -0.15) is 0 Å². The van der Waals surface area contributed by atoms with Crippen LogP contribution in [0.3, 0.4) is 0 Å². The Kier molecular flexibility index (Phi) is 4.22. The quantitative estimate of drug-likeness (QED) is 0.413. The zero-order valence-electron chi connectivity index (χ0n) is 13.9. The van der Waals surface area contributed by atoms with Crippen molar-refractivity contribution in [2.45, 2.75) is 6.42 Å². The molecule has 130 valence electrons. The minimum Gasteiger partial charge on any atom is -0.504 e. The van der Waals surface area contributed by atoms with Crippen molar-refractivity contribution in [1.82, 2.24) is 0 Å². The summed E-state index contributed by atoms with van der Waals surface area (Å²) in [6, 6.07) is 12.4. The van der Waals surface area contributed by atoms with Crippen LogP contribution >= 0.6 is 0 Å². The number of ether oxygens (including phenoxy) is 1. The molecule has 1 N–H and O–H groups in total. The first-order valence-electron chi connectivity index (χ1n) is 7.71. The van der Waals surface area contributed by atoms with Crippen LogP contribution < -0.4 is 9.64 Å². The third kappa shape index (κ3) is 2.84. The number of rotatable bonds is 1. The first kappa shape index (κ1) is 16.6. The lowest BCUT2D eigenvalue weighted by molar-refractivity contribution is -0.402. The zero-order valence-corrected chi connectivity index (χ0v) is 13.9. The van der Waals surface area contributed by atoms with Gasteiger partial charge in [0.2, 0.25) is 0 Å². The van der Waals surface area contributed by atoms with Gasteiger partial charge >= 0.3 is 0 Å². The normalized spacial score (nSPS) is 12.6. The second kappa shape index (κ2) is 6.35. The van der Waals surface area contributed by atoms with Crippen molar-refractivity contribution in [1.29, 1.82) is 0 Å². The molecule has 7 nitrogen and oxygen atoms in total. The molecule has 0 unspecified atom stereocenters. The average Bonchev–Trinajstić information content (AvgIpc) is 2.57. The number of anilines is 1. The molecular formula is C18H17N2O5-. The Morgan fingerprint density at radius 2 is 1.88 bits per heavy atom. The monoisotopic (exact) mass is 341 g/mol. The van der Waals surface area contributed by atoms with Crippen LogP contribution in [0, 0.1) is 15.3 Å². The van der Waals surface area contributed by atoms with E-state index in [4.69, 9.17) is 20.1 Å². The second-order valence-electron chi connectivity index (χ2n) is 5.85. The van der Waals surface area contributed by atoms with Crippen molar-refractivity contribution >= 4 is 27.2 Å². The van der Waals surface area contributed by atoms with Crippen molar-refractivity contribution in [3.05, 3.63) is 57.3 Å². The van der Waals surface area contributed by atoms with E-state index in [9.17, 15) is 5.11 Å². The largest absolute Gasteiger partial charge is 0.504 e. The Morgan fingerprint density at radius 1 is 1.20 bits per heavy atom. The van der Waals surface area contributed by atoms with E-state index in [2.05, 4.69) is 30.1 Å². The number of phenols is 1. The van der Waals surface area contributed by atoms with Crippen LogP contribution in [0.5, 0.6) is 11.5 Å². The number of nitrogens with zero attached hydrogens (tertiary/aromatic N) is 2. The molecule has 0 fully saturated rings. The van der Waals surface area contributed by atoms with Gasteiger partial charge in [-0.1, -0.05) is 24.3 Å². The fourth-order valence-corrected chi connectivity index (χ4v) is 3.44. The highest BCUT2D eigenvalue weighted by Crippen LogP contribution is 2.46. The molecule has 1 aliphatic heterocycles. The average molecular weight is 341 g/mol. The molecule has 0 saturated heterocycles. The Balaban J connectivity index is 0.000000415. The number of likely N-dealkylation sites (N-methyl/N-ethyl adjacent to an activating group) is 1. The summed E-state index contributed by atoms with van der Waals surface area (Å²) < 4.78 is 5.51. The van der Waals surface area contributed by atoms with Crippen molar-refractivity contribution in [3.63, 3.8) is 0 Å². The van der Waals surface area contributed by atoms with Crippen LogP contribution in [0.25, 0.3) is 21.5 Å². The maximum atomic E-state index is 10.3. The minimum absolute atomic E-state index is 0.229. The molecule has 3 aromatic carbocycles. The highest BCUT2D eigenvalue weighted by Gasteiger charge is 2.22. The Hall–Kier alpha value is -3.22. The van der Waals surface area contributed by atoms with E-state index in [0.29, 0.717) is 5.75 Å². The molecule has 0 saturated carbocycles. The van der Waals surface area contributed by atoms with E-state index < -0.39 is 5.09 Å². The van der Waals surface area contributed by atoms with Gasteiger partial charge < -0.3 is 30.1 Å². The highest BCUT2D eigenvalue weighted by molar-refractivity contribution is 6.18. The van der Waals surface area contributed by atoms with Gasteiger partial charge in [-0.3, -0.25) is 0 Å². The molecule has 0 radical (unpaired) electrons. The molecule has 0 bridgehead atoms. The minimum atomic E-state index is -1.75. The number of methoxy groups -OCH3 is 1. The molecule has 0 spiro atoms. The van der Waals surface area contributed by atoms with Gasteiger partial charge in [0.15, 0.2) is 11.5 Å². The number of benzene rings is 3. The van der Waals surface area contributed by atoms with Gasteiger partial charge in [0, 0.05) is 30.1 Å². The number of hydrogen-bond donors (Lipinski definition) is 1. The number of phenolic OH excluding ortho intramolecular Hbond substituents is 1. The summed E-state index contributed by atoms with van der Waals surface area (Å²) in [6.45, 7) is 0.964. The predicted octanol–water partition coefficient (Wildman–Crippen LogP) is 3.46. The summed E-state index contributed by atoms with van der Waals surface area (Å²) >= 11 is 0. The van der Waals surface area contributed by atoms with E-state index in [1.54, 1.807) is 7.11 Å². The van der Waals surface area contributed by atoms with Gasteiger partial charge in [-0.15, -0.1) is 0 Å². The van der Waals surface area contributed by atoms with Crippen molar-refractivity contribution in [3.8, 4) is 11.5 Å². The maximum Gasteiger partial charge on any atom is 0.169 e. The third-order valence-electron chi connectivity index (χ3n) is 4.45. The molecule has 7 heteroatoms. The Morgan fingerprint density at radius 3 is 2.56 bits per heavy atom. The SMILES string of the molecule is COc1c(O)cc2c3c(cc4ccccc4c13)N(C)CC2.O=[N+]([O-])[O-]. The van der Waals surface area contributed by atoms with Gasteiger partial charge in [0.05, 0.1) is 12.2 Å². The van der Waals surface area contributed by atoms with Crippen LogP contribution in [0.1, 0.15) is 5.56 Å². The van der Waals surface area contributed by atoms with Gasteiger partial charge in [-0.05, 0) is 34.9 Å². The van der Waals surface area contributed by atoms with Crippen molar-refractivity contribution in [2.75, 3.05) is 25.6 Å². The first-order valence-corrected chi connectivity index (χ1v) is 7.71. The van der Waals surface area contributed by atoms with Crippen LogP contribution in [0.15, 0.2) is 36.4 Å². The van der Waals surface area contributed by atoms with Gasteiger partial charge in [-0.25, -0.2) is 0 Å². The third-order valence-corrected chi connectivity index (χ3v) is 4.45. The number of hydrogen-bond acceptors (Lipinski definition) is 6. The standard InChI is InChI=1S/C18H17NO2.NO3/c1-19-8-7-12-10-15(20)18(21-2)17-13-6-4-3-5-11(13)9-14(19)16(12)17;2-1(3)4/h3-6,9-10,20H,7-8H2,1-2H3;/q;-1. The molecule has 4 rings (SSSR count). The lowest BCUT2D eigenvalue weighted by Crippen LogP contribution is -2.24. The lowest BCUT2D eigenvalue weighted by atomic mass is 9.91. The maximum absolute atomic E-state index is 10.3. The molecule has 0 aliphatic carbocycles. The summed E-state index contributed by atoms with van der Waals surface area (Å²) in [7, 11) is 3.73. The van der Waals surface area contributed by atoms with Crippen molar-refractivity contribution in [2.24, 2.45) is 0 Å². The summed E-state index contributed by atoms with van der Waals surface area (Å²) in [4.78, 5) is 10.5. The predicted molar refractivity (Wildman–Crippen MR) is 97.0 cm³/mol. The summed E-state index contributed by atoms with van der Waals surface area (Å²) in [5.74, 6) is 0.800. The van der Waals surface area contributed by atoms with E-state index >= 15 is 0 Å². The van der Waals surface area contributed by atoms with Crippen LogP contribution in [0.4, 0.5) is 5.69 Å².